The van der Waals surface area contributed by atoms with Crippen LogP contribution in [-0.4, -0.2) is 51.0 Å². The molecule has 1 saturated heterocycles. The first-order valence-electron chi connectivity index (χ1n) is 10.1. The molecule has 4 rings (SSSR count). The fourth-order valence-electron chi connectivity index (χ4n) is 4.67. The molecule has 1 saturated carbocycles. The van der Waals surface area contributed by atoms with Crippen molar-refractivity contribution in [1.82, 2.24) is 25.2 Å². The molecule has 2 heterocycles. The lowest BCUT2D eigenvalue weighted by Crippen LogP contribution is -2.58. The van der Waals surface area contributed by atoms with Crippen molar-refractivity contribution in [3.05, 3.63) is 24.3 Å². The Balaban J connectivity index is 1.41. The number of hydrogen-bond donors (Lipinski definition) is 1. The Morgan fingerprint density at radius 1 is 1.04 bits per heavy atom. The van der Waals surface area contributed by atoms with Crippen molar-refractivity contribution in [3.8, 4) is 0 Å². The molecule has 26 heavy (non-hydrogen) atoms. The highest BCUT2D eigenvalue weighted by atomic mass is 16.2. The van der Waals surface area contributed by atoms with Gasteiger partial charge in [-0.1, -0.05) is 43.0 Å². The van der Waals surface area contributed by atoms with E-state index in [1.807, 2.05) is 24.3 Å². The van der Waals surface area contributed by atoms with Gasteiger partial charge in [-0.2, -0.15) is 0 Å². The SMILES string of the molecule is O=C(Cn1nnc2ccccc21)NCC1(N2CCCCC2)CCCCC1. The molecular weight excluding hydrogens is 326 g/mol. The minimum absolute atomic E-state index is 0.0302. The standard InChI is InChI=1S/C20H29N5O/c26-19(15-25-18-10-4-3-9-17(18)22-23-25)21-16-20(11-5-1-6-12-20)24-13-7-2-8-14-24/h3-4,9-10H,1-2,5-8,11-16H2,(H,21,26). The first-order valence-corrected chi connectivity index (χ1v) is 10.1. The van der Waals surface area contributed by atoms with Crippen molar-refractivity contribution in [3.63, 3.8) is 0 Å². The Kier molecular flexibility index (Phi) is 5.20. The van der Waals surface area contributed by atoms with E-state index >= 15 is 0 Å². The highest BCUT2D eigenvalue weighted by Crippen LogP contribution is 2.35. The maximum Gasteiger partial charge on any atom is 0.241 e. The van der Waals surface area contributed by atoms with Gasteiger partial charge in [-0.15, -0.1) is 5.10 Å². The molecule has 2 aliphatic rings. The van der Waals surface area contributed by atoms with Crippen LogP contribution in [-0.2, 0) is 11.3 Å². The van der Waals surface area contributed by atoms with Crippen LogP contribution in [0.2, 0.25) is 0 Å². The molecule has 6 heteroatoms. The van der Waals surface area contributed by atoms with Gasteiger partial charge in [0, 0.05) is 12.1 Å². The zero-order valence-corrected chi connectivity index (χ0v) is 15.5. The summed E-state index contributed by atoms with van der Waals surface area (Å²) < 4.78 is 1.69. The first-order chi connectivity index (χ1) is 12.8. The van der Waals surface area contributed by atoms with E-state index < -0.39 is 0 Å². The number of para-hydroxylation sites is 1. The third-order valence-corrected chi connectivity index (χ3v) is 6.14. The van der Waals surface area contributed by atoms with Gasteiger partial charge in [0.1, 0.15) is 12.1 Å². The number of carbonyl (C=O) groups excluding carboxylic acids is 1. The van der Waals surface area contributed by atoms with Gasteiger partial charge in [0.2, 0.25) is 5.91 Å². The van der Waals surface area contributed by atoms with Crippen molar-refractivity contribution in [2.45, 2.75) is 63.5 Å². The molecule has 1 amide bonds. The first kappa shape index (κ1) is 17.5. The molecule has 6 nitrogen and oxygen atoms in total. The molecule has 0 atom stereocenters. The van der Waals surface area contributed by atoms with Crippen molar-refractivity contribution in [1.29, 1.82) is 0 Å². The molecule has 140 valence electrons. The topological polar surface area (TPSA) is 63.1 Å². The maximum atomic E-state index is 12.6. The van der Waals surface area contributed by atoms with Crippen LogP contribution < -0.4 is 5.32 Å². The van der Waals surface area contributed by atoms with Gasteiger partial charge in [-0.3, -0.25) is 9.69 Å². The summed E-state index contributed by atoms with van der Waals surface area (Å²) in [7, 11) is 0. The molecule has 0 spiro atoms. The van der Waals surface area contributed by atoms with Crippen LogP contribution in [0.15, 0.2) is 24.3 Å². The molecule has 0 radical (unpaired) electrons. The molecule has 1 aromatic heterocycles. The minimum Gasteiger partial charge on any atom is -0.353 e. The van der Waals surface area contributed by atoms with E-state index in [9.17, 15) is 4.79 Å². The van der Waals surface area contributed by atoms with E-state index in [-0.39, 0.29) is 18.0 Å². The zero-order valence-electron chi connectivity index (χ0n) is 15.5. The Morgan fingerprint density at radius 3 is 2.58 bits per heavy atom. The van der Waals surface area contributed by atoms with Gasteiger partial charge in [-0.25, -0.2) is 4.68 Å². The average Bonchev–Trinajstić information content (AvgIpc) is 3.11. The summed E-state index contributed by atoms with van der Waals surface area (Å²) in [5, 5.41) is 11.5. The molecular formula is C20H29N5O. The number of hydrogen-bond acceptors (Lipinski definition) is 4. The van der Waals surface area contributed by atoms with E-state index in [4.69, 9.17) is 0 Å². The number of carbonyl (C=O) groups is 1. The number of fused-ring (bicyclic) bond motifs is 1. The number of aromatic nitrogens is 3. The third-order valence-electron chi connectivity index (χ3n) is 6.14. The smallest absolute Gasteiger partial charge is 0.241 e. The molecule has 0 bridgehead atoms. The summed E-state index contributed by atoms with van der Waals surface area (Å²) in [5.41, 5.74) is 1.90. The second-order valence-corrected chi connectivity index (χ2v) is 7.85. The number of piperidine rings is 1. The molecule has 1 N–H and O–H groups in total. The minimum atomic E-state index is 0.0302. The molecule has 2 aromatic rings. The van der Waals surface area contributed by atoms with E-state index in [0.29, 0.717) is 0 Å². The van der Waals surface area contributed by atoms with E-state index in [2.05, 4.69) is 20.5 Å². The Morgan fingerprint density at radius 2 is 1.77 bits per heavy atom. The average molecular weight is 355 g/mol. The molecule has 1 aliphatic carbocycles. The maximum absolute atomic E-state index is 12.6. The van der Waals surface area contributed by atoms with Crippen LogP contribution >= 0.6 is 0 Å². The van der Waals surface area contributed by atoms with E-state index in [0.717, 1.165) is 17.6 Å². The molecule has 1 aliphatic heterocycles. The number of nitrogens with zero attached hydrogens (tertiary/aromatic N) is 4. The normalized spacial score (nSPS) is 20.9. The Bertz CT molecular complexity index is 743. The third kappa shape index (κ3) is 3.61. The fourth-order valence-corrected chi connectivity index (χ4v) is 4.67. The summed E-state index contributed by atoms with van der Waals surface area (Å²) in [4.78, 5) is 15.3. The second kappa shape index (κ2) is 7.74. The van der Waals surface area contributed by atoms with Crippen molar-refractivity contribution < 1.29 is 4.79 Å². The zero-order chi connectivity index (χ0) is 17.8. The largest absolute Gasteiger partial charge is 0.353 e. The van der Waals surface area contributed by atoms with E-state index in [1.54, 1.807) is 4.68 Å². The van der Waals surface area contributed by atoms with Crippen LogP contribution in [0.5, 0.6) is 0 Å². The van der Waals surface area contributed by atoms with Gasteiger partial charge in [0.15, 0.2) is 0 Å². The monoisotopic (exact) mass is 355 g/mol. The predicted molar refractivity (Wildman–Crippen MR) is 102 cm³/mol. The van der Waals surface area contributed by atoms with Crippen molar-refractivity contribution in [2.24, 2.45) is 0 Å². The van der Waals surface area contributed by atoms with E-state index in [1.165, 1.54) is 64.5 Å². The van der Waals surface area contributed by atoms with Crippen LogP contribution in [0.3, 0.4) is 0 Å². The fraction of sp³-hybridized carbons (Fsp3) is 0.650. The number of amides is 1. The lowest BCUT2D eigenvalue weighted by molar-refractivity contribution is -0.122. The van der Waals surface area contributed by atoms with Crippen molar-refractivity contribution in [2.75, 3.05) is 19.6 Å². The highest BCUT2D eigenvalue weighted by molar-refractivity contribution is 5.79. The summed E-state index contributed by atoms with van der Waals surface area (Å²) in [5.74, 6) is 0.0302. The number of rotatable bonds is 5. The van der Waals surface area contributed by atoms with Crippen LogP contribution in [0, 0.1) is 0 Å². The van der Waals surface area contributed by atoms with Crippen molar-refractivity contribution >= 4 is 16.9 Å². The van der Waals surface area contributed by atoms with Crippen LogP contribution in [0.4, 0.5) is 0 Å². The molecule has 1 aromatic carbocycles. The molecule has 0 unspecified atom stereocenters. The van der Waals surface area contributed by atoms with Gasteiger partial charge >= 0.3 is 0 Å². The van der Waals surface area contributed by atoms with Gasteiger partial charge < -0.3 is 5.32 Å². The number of benzene rings is 1. The lowest BCUT2D eigenvalue weighted by atomic mass is 9.79. The number of nitrogens with one attached hydrogen (secondary N) is 1. The van der Waals surface area contributed by atoms with Gasteiger partial charge in [0.25, 0.3) is 0 Å². The lowest BCUT2D eigenvalue weighted by Gasteiger charge is -2.48. The summed E-state index contributed by atoms with van der Waals surface area (Å²) in [6.07, 6.45) is 10.2. The summed E-state index contributed by atoms with van der Waals surface area (Å²) >= 11 is 0. The Labute approximate surface area is 154 Å². The predicted octanol–water partition coefficient (Wildman–Crippen LogP) is 2.74. The number of likely N-dealkylation sites (tertiary alicyclic amines) is 1. The summed E-state index contributed by atoms with van der Waals surface area (Å²) in [6.45, 7) is 3.36. The van der Waals surface area contributed by atoms with Crippen LogP contribution in [0.25, 0.3) is 11.0 Å². The van der Waals surface area contributed by atoms with Crippen LogP contribution in [0.1, 0.15) is 51.4 Å². The second-order valence-electron chi connectivity index (χ2n) is 7.85. The van der Waals surface area contributed by atoms with Gasteiger partial charge in [0.05, 0.1) is 5.52 Å². The van der Waals surface area contributed by atoms with Gasteiger partial charge in [-0.05, 0) is 50.9 Å². The highest BCUT2D eigenvalue weighted by Gasteiger charge is 2.38. The Hall–Kier alpha value is -1.95. The molecule has 2 fully saturated rings. The summed E-state index contributed by atoms with van der Waals surface area (Å²) in [6, 6.07) is 7.77. The quantitative estimate of drug-likeness (QED) is 0.896.